The number of hydrogen-bond acceptors (Lipinski definition) is 3. The molecule has 0 bridgehead atoms. The molecule has 136 valence electrons. The van der Waals surface area contributed by atoms with Crippen LogP contribution in [0.4, 0.5) is 5.69 Å². The summed E-state index contributed by atoms with van der Waals surface area (Å²) < 4.78 is 0. The van der Waals surface area contributed by atoms with Crippen LogP contribution in [-0.4, -0.2) is 39.1 Å². The summed E-state index contributed by atoms with van der Waals surface area (Å²) in [6.45, 7) is 3.89. The van der Waals surface area contributed by atoms with Crippen molar-refractivity contribution >= 4 is 36.4 Å². The van der Waals surface area contributed by atoms with Crippen LogP contribution in [0, 0.1) is 11.3 Å². The predicted molar refractivity (Wildman–Crippen MR) is 104 cm³/mol. The van der Waals surface area contributed by atoms with Crippen molar-refractivity contribution < 1.29 is 4.79 Å². The molecule has 0 radical (unpaired) electrons. The number of benzene rings is 1. The van der Waals surface area contributed by atoms with Crippen LogP contribution in [0.15, 0.2) is 30.3 Å². The van der Waals surface area contributed by atoms with Crippen molar-refractivity contribution in [1.29, 1.82) is 0 Å². The standard InChI is InChI=1S/C18H27N3O.2ClH/c1-21(15-6-3-2-4-7-15)13-5-10-20-17(22)16-14-18(16)8-11-19-12-9-18;;/h2-4,6-7,16,19H,5,8-14H2,1H3,(H,20,22);2*1H. The Morgan fingerprint density at radius 2 is 1.92 bits per heavy atom. The van der Waals surface area contributed by atoms with Gasteiger partial charge in [0.05, 0.1) is 0 Å². The third-order valence-electron chi connectivity index (χ3n) is 5.27. The number of anilines is 1. The molecule has 3 rings (SSSR count). The first-order valence-corrected chi connectivity index (χ1v) is 8.46. The van der Waals surface area contributed by atoms with Gasteiger partial charge in [-0.3, -0.25) is 4.79 Å². The van der Waals surface area contributed by atoms with Crippen LogP contribution in [-0.2, 0) is 4.79 Å². The van der Waals surface area contributed by atoms with Gasteiger partial charge in [-0.15, -0.1) is 24.8 Å². The normalized spacial score (nSPS) is 20.5. The molecule has 1 amide bonds. The lowest BCUT2D eigenvalue weighted by molar-refractivity contribution is -0.123. The van der Waals surface area contributed by atoms with E-state index in [0.717, 1.165) is 39.0 Å². The highest BCUT2D eigenvalue weighted by Gasteiger charge is 2.57. The first kappa shape index (κ1) is 21.1. The highest BCUT2D eigenvalue weighted by Crippen LogP contribution is 2.58. The summed E-state index contributed by atoms with van der Waals surface area (Å²) in [4.78, 5) is 14.5. The second kappa shape index (κ2) is 9.50. The van der Waals surface area contributed by atoms with Gasteiger partial charge in [0.1, 0.15) is 0 Å². The van der Waals surface area contributed by atoms with E-state index in [1.54, 1.807) is 0 Å². The highest BCUT2D eigenvalue weighted by atomic mass is 35.5. The van der Waals surface area contributed by atoms with Gasteiger partial charge < -0.3 is 15.5 Å². The average molecular weight is 374 g/mol. The van der Waals surface area contributed by atoms with Gasteiger partial charge >= 0.3 is 0 Å². The molecule has 24 heavy (non-hydrogen) atoms. The fourth-order valence-corrected chi connectivity index (χ4v) is 3.66. The van der Waals surface area contributed by atoms with E-state index in [0.29, 0.717) is 5.41 Å². The van der Waals surface area contributed by atoms with Crippen LogP contribution >= 0.6 is 24.8 Å². The van der Waals surface area contributed by atoms with Crippen molar-refractivity contribution in [2.75, 3.05) is 38.1 Å². The van der Waals surface area contributed by atoms with Gasteiger partial charge in [-0.1, -0.05) is 18.2 Å². The molecular weight excluding hydrogens is 345 g/mol. The van der Waals surface area contributed by atoms with E-state index in [1.807, 2.05) is 6.07 Å². The summed E-state index contributed by atoms with van der Waals surface area (Å²) in [5.41, 5.74) is 1.57. The molecule has 1 aromatic rings. The predicted octanol–water partition coefficient (Wildman–Crippen LogP) is 2.86. The van der Waals surface area contributed by atoms with Gasteiger partial charge in [0.25, 0.3) is 0 Å². The molecule has 4 nitrogen and oxygen atoms in total. The number of hydrogen-bond donors (Lipinski definition) is 2. The Morgan fingerprint density at radius 3 is 2.58 bits per heavy atom. The lowest BCUT2D eigenvalue weighted by Gasteiger charge is -2.23. The summed E-state index contributed by atoms with van der Waals surface area (Å²) in [5, 5.41) is 6.52. The Kier molecular flexibility index (Phi) is 8.34. The molecule has 1 heterocycles. The average Bonchev–Trinajstić information content (AvgIpc) is 3.26. The Balaban J connectivity index is 0.00000144. The van der Waals surface area contributed by atoms with E-state index in [4.69, 9.17) is 0 Å². The van der Waals surface area contributed by atoms with E-state index in [9.17, 15) is 4.79 Å². The molecule has 2 aliphatic rings. The zero-order valence-electron chi connectivity index (χ0n) is 14.3. The monoisotopic (exact) mass is 373 g/mol. The van der Waals surface area contributed by atoms with Crippen LogP contribution < -0.4 is 15.5 Å². The topological polar surface area (TPSA) is 44.4 Å². The van der Waals surface area contributed by atoms with Gasteiger partial charge in [-0.05, 0) is 56.3 Å². The molecule has 6 heteroatoms. The first-order valence-electron chi connectivity index (χ1n) is 8.46. The zero-order chi connectivity index (χ0) is 15.4. The van der Waals surface area contributed by atoms with Crippen molar-refractivity contribution in [1.82, 2.24) is 10.6 Å². The van der Waals surface area contributed by atoms with E-state index in [1.165, 1.54) is 18.5 Å². The molecular formula is C18H29Cl2N3O. The SMILES string of the molecule is CN(CCCNC(=O)C1CC12CCNCC2)c1ccccc1.Cl.Cl. The number of nitrogens with one attached hydrogen (secondary N) is 2. The maximum absolute atomic E-state index is 12.2. The quantitative estimate of drug-likeness (QED) is 0.753. The fourth-order valence-electron chi connectivity index (χ4n) is 3.66. The minimum absolute atomic E-state index is 0. The van der Waals surface area contributed by atoms with Crippen LogP contribution in [0.1, 0.15) is 25.7 Å². The molecule has 1 saturated heterocycles. The van der Waals surface area contributed by atoms with Crippen LogP contribution in [0.25, 0.3) is 0 Å². The van der Waals surface area contributed by atoms with E-state index in [2.05, 4.69) is 46.8 Å². The molecule has 1 aliphatic heterocycles. The number of piperidine rings is 1. The largest absolute Gasteiger partial charge is 0.375 e. The van der Waals surface area contributed by atoms with Crippen molar-refractivity contribution in [2.45, 2.75) is 25.7 Å². The van der Waals surface area contributed by atoms with E-state index < -0.39 is 0 Å². The van der Waals surface area contributed by atoms with Gasteiger partial charge in [0.15, 0.2) is 0 Å². The lowest BCUT2D eigenvalue weighted by atomic mass is 9.92. The van der Waals surface area contributed by atoms with Crippen LogP contribution in [0.3, 0.4) is 0 Å². The molecule has 1 aliphatic carbocycles. The van der Waals surface area contributed by atoms with Crippen molar-refractivity contribution in [3.05, 3.63) is 30.3 Å². The number of halogens is 2. The number of nitrogens with zero attached hydrogens (tertiary/aromatic N) is 1. The Morgan fingerprint density at radius 1 is 1.25 bits per heavy atom. The van der Waals surface area contributed by atoms with Crippen molar-refractivity contribution in [2.24, 2.45) is 11.3 Å². The molecule has 2 N–H and O–H groups in total. The summed E-state index contributed by atoms with van der Waals surface area (Å²) in [6, 6.07) is 10.4. The molecule has 1 unspecified atom stereocenters. The third kappa shape index (κ3) is 5.01. The third-order valence-corrected chi connectivity index (χ3v) is 5.27. The maximum atomic E-state index is 12.2. The Bertz CT molecular complexity index is 506. The van der Waals surface area contributed by atoms with Crippen LogP contribution in [0.5, 0.6) is 0 Å². The zero-order valence-corrected chi connectivity index (χ0v) is 15.9. The Labute approximate surface area is 157 Å². The summed E-state index contributed by atoms with van der Waals surface area (Å²) in [5.74, 6) is 0.561. The number of para-hydroxylation sites is 1. The molecule has 1 spiro atoms. The number of carbonyl (C=O) groups is 1. The second-order valence-corrected chi connectivity index (χ2v) is 6.77. The van der Waals surface area contributed by atoms with Gasteiger partial charge in [-0.25, -0.2) is 0 Å². The van der Waals surface area contributed by atoms with E-state index >= 15 is 0 Å². The molecule has 2 fully saturated rings. The minimum Gasteiger partial charge on any atom is -0.375 e. The second-order valence-electron chi connectivity index (χ2n) is 6.77. The Hall–Kier alpha value is -0.970. The van der Waals surface area contributed by atoms with Crippen molar-refractivity contribution in [3.8, 4) is 0 Å². The molecule has 0 aromatic heterocycles. The molecule has 1 atom stereocenters. The van der Waals surface area contributed by atoms with E-state index in [-0.39, 0.29) is 36.6 Å². The minimum atomic E-state index is 0. The summed E-state index contributed by atoms with van der Waals surface area (Å²) in [6.07, 6.45) is 4.42. The fraction of sp³-hybridized carbons (Fsp3) is 0.611. The number of amides is 1. The van der Waals surface area contributed by atoms with Gasteiger partial charge in [0, 0.05) is 31.7 Å². The van der Waals surface area contributed by atoms with Gasteiger partial charge in [0.2, 0.25) is 5.91 Å². The highest BCUT2D eigenvalue weighted by molar-refractivity contribution is 5.85. The summed E-state index contributed by atoms with van der Waals surface area (Å²) in [7, 11) is 2.10. The summed E-state index contributed by atoms with van der Waals surface area (Å²) >= 11 is 0. The first-order chi connectivity index (χ1) is 10.7. The maximum Gasteiger partial charge on any atom is 0.223 e. The molecule has 1 aromatic carbocycles. The number of rotatable bonds is 6. The van der Waals surface area contributed by atoms with Crippen molar-refractivity contribution in [3.63, 3.8) is 0 Å². The molecule has 1 saturated carbocycles. The smallest absolute Gasteiger partial charge is 0.223 e. The van der Waals surface area contributed by atoms with Gasteiger partial charge in [-0.2, -0.15) is 0 Å². The number of carbonyl (C=O) groups excluding carboxylic acids is 1. The lowest BCUT2D eigenvalue weighted by Crippen LogP contribution is -2.34. The van der Waals surface area contributed by atoms with Crippen LogP contribution in [0.2, 0.25) is 0 Å².